The Morgan fingerprint density at radius 3 is 2.72 bits per heavy atom. The lowest BCUT2D eigenvalue weighted by molar-refractivity contribution is -0.384. The van der Waals surface area contributed by atoms with Gasteiger partial charge in [-0.3, -0.25) is 14.9 Å². The first kappa shape index (κ1) is 21.0. The zero-order chi connectivity index (χ0) is 21.0. The molecule has 0 fully saturated rings. The first-order valence-electron chi connectivity index (χ1n) is 9.19. The summed E-state index contributed by atoms with van der Waals surface area (Å²) in [5.41, 5.74) is 0.619. The highest BCUT2D eigenvalue weighted by molar-refractivity contribution is 9.09. The number of hydrogen-bond donors (Lipinski definition) is 0. The van der Waals surface area contributed by atoms with Gasteiger partial charge in [0.25, 0.3) is 5.69 Å². The molecule has 0 N–H and O–H groups in total. The molecule has 3 aromatic rings. The van der Waals surface area contributed by atoms with Crippen molar-refractivity contribution >= 4 is 38.4 Å². The fourth-order valence-corrected chi connectivity index (χ4v) is 3.23. The summed E-state index contributed by atoms with van der Waals surface area (Å²) >= 11 is 3.20. The molecule has 0 bridgehead atoms. The number of fused-ring (bicyclic) bond motifs is 1. The second-order valence-electron chi connectivity index (χ2n) is 6.45. The average molecular weight is 464 g/mol. The van der Waals surface area contributed by atoms with Crippen molar-refractivity contribution in [2.24, 2.45) is 0 Å². The Morgan fingerprint density at radius 2 is 2.07 bits per heavy atom. The number of rotatable bonds is 9. The third kappa shape index (κ3) is 4.48. The summed E-state index contributed by atoms with van der Waals surface area (Å²) in [7, 11) is 0. The first-order valence-corrected chi connectivity index (χ1v) is 10.3. The molecule has 152 valence electrons. The summed E-state index contributed by atoms with van der Waals surface area (Å²) in [5, 5.41) is 12.1. The van der Waals surface area contributed by atoms with Crippen LogP contribution in [0, 0.1) is 15.9 Å². The van der Waals surface area contributed by atoms with Crippen molar-refractivity contribution in [1.82, 2.24) is 0 Å². The van der Waals surface area contributed by atoms with Gasteiger partial charge in [0.05, 0.1) is 17.1 Å². The van der Waals surface area contributed by atoms with E-state index in [-0.39, 0.29) is 22.6 Å². The van der Waals surface area contributed by atoms with E-state index in [4.69, 9.17) is 9.15 Å². The molecule has 3 rings (SSSR count). The maximum Gasteiger partial charge on any atom is 0.270 e. The molecule has 2 aromatic carbocycles. The number of alkyl halides is 1. The Balaban J connectivity index is 2.08. The average Bonchev–Trinajstić information content (AvgIpc) is 3.08. The zero-order valence-electron chi connectivity index (χ0n) is 15.7. The van der Waals surface area contributed by atoms with Crippen LogP contribution in [-0.2, 0) is 6.42 Å². The molecule has 1 aromatic heterocycles. The number of furan rings is 1. The van der Waals surface area contributed by atoms with Crippen molar-refractivity contribution in [1.29, 1.82) is 0 Å². The lowest BCUT2D eigenvalue weighted by Gasteiger charge is -2.08. The van der Waals surface area contributed by atoms with Crippen LogP contribution >= 0.6 is 15.9 Å². The molecule has 0 aliphatic carbocycles. The standard InChI is InChI=1S/C21H19BrFNO5/c1-2-3-4-19-20(15-12-14(24(26)27)6-8-17(15)29-19)21(25)13-5-7-18(16(23)11-13)28-10-9-22/h5-8,11-12H,2-4,9-10H2,1H3. The highest BCUT2D eigenvalue weighted by Gasteiger charge is 2.24. The Hall–Kier alpha value is -2.74. The minimum Gasteiger partial charge on any atom is -0.490 e. The third-order valence-electron chi connectivity index (χ3n) is 4.47. The van der Waals surface area contributed by atoms with Gasteiger partial charge in [-0.1, -0.05) is 29.3 Å². The minimum absolute atomic E-state index is 0.0555. The number of ether oxygens (including phenoxy) is 1. The molecule has 0 spiro atoms. The zero-order valence-corrected chi connectivity index (χ0v) is 17.3. The van der Waals surface area contributed by atoms with Gasteiger partial charge >= 0.3 is 0 Å². The molecule has 0 amide bonds. The Labute approximate surface area is 174 Å². The van der Waals surface area contributed by atoms with Gasteiger partial charge in [-0.25, -0.2) is 4.39 Å². The summed E-state index contributed by atoms with van der Waals surface area (Å²) in [5.74, 6) is -0.584. The van der Waals surface area contributed by atoms with Crippen LogP contribution in [0.4, 0.5) is 10.1 Å². The minimum atomic E-state index is -0.648. The summed E-state index contributed by atoms with van der Waals surface area (Å²) in [6, 6.07) is 8.14. The largest absolute Gasteiger partial charge is 0.490 e. The van der Waals surface area contributed by atoms with Crippen LogP contribution in [0.5, 0.6) is 5.75 Å². The molecule has 0 aliphatic heterocycles. The number of carbonyl (C=O) groups is 1. The second kappa shape index (κ2) is 9.17. The highest BCUT2D eigenvalue weighted by Crippen LogP contribution is 2.32. The molecule has 0 radical (unpaired) electrons. The van der Waals surface area contributed by atoms with E-state index in [2.05, 4.69) is 15.9 Å². The van der Waals surface area contributed by atoms with Crippen molar-refractivity contribution < 1.29 is 23.3 Å². The van der Waals surface area contributed by atoms with Crippen LogP contribution in [0.15, 0.2) is 40.8 Å². The van der Waals surface area contributed by atoms with Gasteiger partial charge in [0.15, 0.2) is 17.3 Å². The fourth-order valence-electron chi connectivity index (χ4n) is 3.06. The van der Waals surface area contributed by atoms with Gasteiger partial charge in [-0.05, 0) is 30.7 Å². The maximum absolute atomic E-state index is 14.4. The second-order valence-corrected chi connectivity index (χ2v) is 7.25. The lowest BCUT2D eigenvalue weighted by Crippen LogP contribution is -2.06. The van der Waals surface area contributed by atoms with Crippen LogP contribution in [0.2, 0.25) is 0 Å². The van der Waals surface area contributed by atoms with E-state index in [1.807, 2.05) is 6.92 Å². The third-order valence-corrected chi connectivity index (χ3v) is 4.79. The lowest BCUT2D eigenvalue weighted by atomic mass is 9.98. The Morgan fingerprint density at radius 1 is 1.28 bits per heavy atom. The highest BCUT2D eigenvalue weighted by atomic mass is 79.9. The molecular formula is C21H19BrFNO5. The van der Waals surface area contributed by atoms with Crippen molar-refractivity contribution in [2.45, 2.75) is 26.2 Å². The molecule has 0 atom stereocenters. The summed E-state index contributed by atoms with van der Waals surface area (Å²) in [6.45, 7) is 2.30. The van der Waals surface area contributed by atoms with Crippen molar-refractivity contribution in [3.8, 4) is 5.75 Å². The van der Waals surface area contributed by atoms with Crippen molar-refractivity contribution in [3.63, 3.8) is 0 Å². The Kier molecular flexibility index (Phi) is 6.64. The fraction of sp³-hybridized carbons (Fsp3) is 0.286. The number of ketones is 1. The molecular weight excluding hydrogens is 445 g/mol. The van der Waals surface area contributed by atoms with Crippen LogP contribution in [-0.4, -0.2) is 22.6 Å². The monoisotopic (exact) mass is 463 g/mol. The molecule has 0 aliphatic rings. The summed E-state index contributed by atoms with van der Waals surface area (Å²) < 4.78 is 25.4. The number of nitro benzene ring substituents is 1. The smallest absolute Gasteiger partial charge is 0.270 e. The van der Waals surface area contributed by atoms with Crippen LogP contribution in [0.1, 0.15) is 41.4 Å². The first-order chi connectivity index (χ1) is 14.0. The number of aryl methyl sites for hydroxylation is 1. The molecule has 8 heteroatoms. The molecule has 0 saturated carbocycles. The normalized spacial score (nSPS) is 11.0. The van der Waals surface area contributed by atoms with Gasteiger partial charge in [-0.15, -0.1) is 0 Å². The number of non-ortho nitro benzene ring substituents is 1. The quantitative estimate of drug-likeness (QED) is 0.172. The number of nitrogens with zero attached hydrogens (tertiary/aromatic N) is 1. The van der Waals surface area contributed by atoms with E-state index >= 15 is 0 Å². The predicted octanol–water partition coefficient (Wildman–Crippen LogP) is 5.83. The summed E-state index contributed by atoms with van der Waals surface area (Å²) in [6.07, 6.45) is 2.18. The SMILES string of the molecule is CCCCc1oc2ccc([N+](=O)[O-])cc2c1C(=O)c1ccc(OCCBr)c(F)c1. The number of carbonyl (C=O) groups excluding carboxylic acids is 1. The number of hydrogen-bond acceptors (Lipinski definition) is 5. The van der Waals surface area contributed by atoms with Gasteiger partial charge in [0, 0.05) is 34.8 Å². The van der Waals surface area contributed by atoms with E-state index in [0.717, 1.165) is 18.9 Å². The van der Waals surface area contributed by atoms with E-state index < -0.39 is 16.5 Å². The van der Waals surface area contributed by atoms with Gasteiger partial charge < -0.3 is 9.15 Å². The van der Waals surface area contributed by atoms with E-state index in [0.29, 0.717) is 35.1 Å². The Bertz CT molecular complexity index is 1060. The number of unbranched alkanes of at least 4 members (excludes halogenated alkanes) is 1. The molecule has 6 nitrogen and oxygen atoms in total. The number of halogens is 2. The summed E-state index contributed by atoms with van der Waals surface area (Å²) in [4.78, 5) is 23.9. The van der Waals surface area contributed by atoms with Crippen molar-refractivity contribution in [2.75, 3.05) is 11.9 Å². The molecule has 29 heavy (non-hydrogen) atoms. The molecule has 0 saturated heterocycles. The maximum atomic E-state index is 14.4. The number of nitro groups is 1. The van der Waals surface area contributed by atoms with Gasteiger partial charge in [-0.2, -0.15) is 0 Å². The van der Waals surface area contributed by atoms with E-state index in [9.17, 15) is 19.3 Å². The molecule has 0 unspecified atom stereocenters. The van der Waals surface area contributed by atoms with Crippen molar-refractivity contribution in [3.05, 3.63) is 69.2 Å². The number of benzene rings is 2. The van der Waals surface area contributed by atoms with E-state index in [1.54, 1.807) is 0 Å². The van der Waals surface area contributed by atoms with Crippen LogP contribution in [0.3, 0.4) is 0 Å². The topological polar surface area (TPSA) is 82.6 Å². The van der Waals surface area contributed by atoms with Crippen LogP contribution in [0.25, 0.3) is 11.0 Å². The van der Waals surface area contributed by atoms with Crippen LogP contribution < -0.4 is 4.74 Å². The predicted molar refractivity (Wildman–Crippen MR) is 111 cm³/mol. The van der Waals surface area contributed by atoms with Gasteiger partial charge in [0.2, 0.25) is 0 Å². The van der Waals surface area contributed by atoms with E-state index in [1.165, 1.54) is 30.3 Å². The van der Waals surface area contributed by atoms with Gasteiger partial charge in [0.1, 0.15) is 11.3 Å². The molecule has 1 heterocycles.